The Morgan fingerprint density at radius 1 is 1.61 bits per heavy atom. The number of aliphatic hydroxyl groups is 1. The first-order chi connectivity index (χ1) is 8.58. The Morgan fingerprint density at radius 3 is 2.89 bits per heavy atom. The van der Waals surface area contributed by atoms with E-state index in [0.717, 1.165) is 0 Å². The molecule has 1 rings (SSSR count). The Bertz CT molecular complexity index is 491. The topological polar surface area (TPSA) is 58.6 Å². The second-order valence-electron chi connectivity index (χ2n) is 3.52. The minimum Gasteiger partial charge on any atom is -0.384 e. The predicted octanol–water partition coefficient (Wildman–Crippen LogP) is 1.14. The zero-order chi connectivity index (χ0) is 13.5. The summed E-state index contributed by atoms with van der Waals surface area (Å²) in [6.07, 6.45) is -0.654. The monoisotopic (exact) mass is 251 g/mol. The summed E-state index contributed by atoms with van der Waals surface area (Å²) in [4.78, 5) is 11.5. The van der Waals surface area contributed by atoms with Gasteiger partial charge in [-0.25, -0.2) is 4.39 Å². The van der Waals surface area contributed by atoms with Crippen molar-refractivity contribution in [1.29, 1.82) is 0 Å². The molecule has 1 unspecified atom stereocenters. The molecule has 0 fully saturated rings. The standard InChI is InChI=1S/C13H14FNO3/c1-9(18-2)13(17)15-12-6-5-10(4-3-7-16)8-11(12)14/h5-6,8-9,16H,7H2,1-2H3,(H,15,17). The molecule has 2 N–H and O–H groups in total. The van der Waals surface area contributed by atoms with Crippen LogP contribution in [0.15, 0.2) is 18.2 Å². The molecule has 0 saturated heterocycles. The van der Waals surface area contributed by atoms with Gasteiger partial charge in [0.15, 0.2) is 0 Å². The van der Waals surface area contributed by atoms with Crippen molar-refractivity contribution < 1.29 is 19.0 Å². The highest BCUT2D eigenvalue weighted by Crippen LogP contribution is 2.15. The SMILES string of the molecule is COC(C)C(=O)Nc1ccc(C#CCO)cc1F. The lowest BCUT2D eigenvalue weighted by Crippen LogP contribution is -2.26. The van der Waals surface area contributed by atoms with E-state index in [2.05, 4.69) is 17.2 Å². The number of hydrogen-bond donors (Lipinski definition) is 2. The van der Waals surface area contributed by atoms with Crippen molar-refractivity contribution in [2.75, 3.05) is 19.0 Å². The molecule has 0 saturated carbocycles. The third-order valence-corrected chi connectivity index (χ3v) is 2.26. The summed E-state index contributed by atoms with van der Waals surface area (Å²) in [6, 6.07) is 4.16. The van der Waals surface area contributed by atoms with E-state index in [1.165, 1.54) is 19.2 Å². The minimum atomic E-state index is -0.654. The molecule has 0 bridgehead atoms. The first-order valence-electron chi connectivity index (χ1n) is 5.31. The maximum Gasteiger partial charge on any atom is 0.253 e. The van der Waals surface area contributed by atoms with E-state index in [4.69, 9.17) is 9.84 Å². The van der Waals surface area contributed by atoms with Crippen LogP contribution < -0.4 is 5.32 Å². The molecule has 1 aromatic carbocycles. The van der Waals surface area contributed by atoms with Gasteiger partial charge in [-0.2, -0.15) is 0 Å². The van der Waals surface area contributed by atoms with E-state index in [0.29, 0.717) is 5.56 Å². The van der Waals surface area contributed by atoms with Crippen molar-refractivity contribution in [3.05, 3.63) is 29.6 Å². The zero-order valence-corrected chi connectivity index (χ0v) is 10.2. The lowest BCUT2D eigenvalue weighted by atomic mass is 10.2. The van der Waals surface area contributed by atoms with Crippen molar-refractivity contribution in [3.63, 3.8) is 0 Å². The molecule has 1 amide bonds. The van der Waals surface area contributed by atoms with Crippen LogP contribution in [0.1, 0.15) is 12.5 Å². The predicted molar refractivity (Wildman–Crippen MR) is 65.5 cm³/mol. The molecule has 18 heavy (non-hydrogen) atoms. The number of rotatable bonds is 3. The van der Waals surface area contributed by atoms with Crippen LogP contribution in [0.25, 0.3) is 0 Å². The van der Waals surface area contributed by atoms with Gasteiger partial charge in [0.2, 0.25) is 0 Å². The number of benzene rings is 1. The average Bonchev–Trinajstić information content (AvgIpc) is 2.38. The summed E-state index contributed by atoms with van der Waals surface area (Å²) >= 11 is 0. The Balaban J connectivity index is 2.83. The van der Waals surface area contributed by atoms with Gasteiger partial charge in [0.25, 0.3) is 5.91 Å². The van der Waals surface area contributed by atoms with Gasteiger partial charge in [-0.15, -0.1) is 0 Å². The Hall–Kier alpha value is -1.90. The van der Waals surface area contributed by atoms with E-state index in [-0.39, 0.29) is 12.3 Å². The van der Waals surface area contributed by atoms with Gasteiger partial charge in [-0.1, -0.05) is 11.8 Å². The molecule has 0 aliphatic rings. The fourth-order valence-electron chi connectivity index (χ4n) is 1.18. The zero-order valence-electron chi connectivity index (χ0n) is 10.2. The third-order valence-electron chi connectivity index (χ3n) is 2.26. The van der Waals surface area contributed by atoms with E-state index in [9.17, 15) is 9.18 Å². The third kappa shape index (κ3) is 3.84. The minimum absolute atomic E-state index is 0.0680. The molecular formula is C13H14FNO3. The maximum absolute atomic E-state index is 13.6. The lowest BCUT2D eigenvalue weighted by molar-refractivity contribution is -0.124. The van der Waals surface area contributed by atoms with Crippen LogP contribution in [0.4, 0.5) is 10.1 Å². The van der Waals surface area contributed by atoms with E-state index in [1.807, 2.05) is 0 Å². The van der Waals surface area contributed by atoms with E-state index in [1.54, 1.807) is 13.0 Å². The molecule has 0 aliphatic carbocycles. The van der Waals surface area contributed by atoms with Crippen molar-refractivity contribution in [3.8, 4) is 11.8 Å². The van der Waals surface area contributed by atoms with Crippen molar-refractivity contribution in [2.24, 2.45) is 0 Å². The summed E-state index contributed by atoms with van der Waals surface area (Å²) in [5.41, 5.74) is 0.498. The molecule has 0 heterocycles. The highest BCUT2D eigenvalue weighted by Gasteiger charge is 2.13. The smallest absolute Gasteiger partial charge is 0.253 e. The van der Waals surface area contributed by atoms with Gasteiger partial charge < -0.3 is 15.2 Å². The number of ether oxygens (including phenoxy) is 1. The number of methoxy groups -OCH3 is 1. The molecule has 0 radical (unpaired) electrons. The highest BCUT2D eigenvalue weighted by atomic mass is 19.1. The Labute approximate surface area is 105 Å². The number of carbonyl (C=O) groups is 1. The maximum atomic E-state index is 13.6. The van der Waals surface area contributed by atoms with Gasteiger partial charge in [-0.05, 0) is 25.1 Å². The van der Waals surface area contributed by atoms with Crippen LogP contribution in [-0.4, -0.2) is 30.8 Å². The van der Waals surface area contributed by atoms with Crippen molar-refractivity contribution >= 4 is 11.6 Å². The number of hydrogen-bond acceptors (Lipinski definition) is 3. The van der Waals surface area contributed by atoms with Crippen LogP contribution in [0, 0.1) is 17.7 Å². The first-order valence-corrected chi connectivity index (χ1v) is 5.31. The van der Waals surface area contributed by atoms with Gasteiger partial charge >= 0.3 is 0 Å². The average molecular weight is 251 g/mol. The van der Waals surface area contributed by atoms with Gasteiger partial charge in [0, 0.05) is 12.7 Å². The van der Waals surface area contributed by atoms with Crippen LogP contribution in [0.3, 0.4) is 0 Å². The van der Waals surface area contributed by atoms with Gasteiger partial charge in [0.1, 0.15) is 18.5 Å². The van der Waals surface area contributed by atoms with Crippen molar-refractivity contribution in [1.82, 2.24) is 0 Å². The lowest BCUT2D eigenvalue weighted by Gasteiger charge is -2.11. The fourth-order valence-corrected chi connectivity index (χ4v) is 1.18. The van der Waals surface area contributed by atoms with E-state index < -0.39 is 17.8 Å². The molecule has 96 valence electrons. The van der Waals surface area contributed by atoms with Crippen LogP contribution in [-0.2, 0) is 9.53 Å². The molecule has 0 aromatic heterocycles. The number of carbonyl (C=O) groups excluding carboxylic acids is 1. The second-order valence-corrected chi connectivity index (χ2v) is 3.52. The highest BCUT2D eigenvalue weighted by molar-refractivity contribution is 5.94. The molecule has 5 heteroatoms. The number of anilines is 1. The second kappa shape index (κ2) is 6.74. The summed E-state index contributed by atoms with van der Waals surface area (Å²) in [6.45, 7) is 1.28. The van der Waals surface area contributed by atoms with Crippen LogP contribution >= 0.6 is 0 Å². The number of nitrogens with one attached hydrogen (secondary N) is 1. The first kappa shape index (κ1) is 14.2. The summed E-state index contributed by atoms with van der Waals surface area (Å²) in [5.74, 6) is 3.97. The summed E-state index contributed by atoms with van der Waals surface area (Å²) in [7, 11) is 1.40. The number of halogens is 1. The van der Waals surface area contributed by atoms with Crippen molar-refractivity contribution in [2.45, 2.75) is 13.0 Å². The molecular weight excluding hydrogens is 237 g/mol. The Kier molecular flexibility index (Phi) is 5.31. The number of aliphatic hydroxyl groups excluding tert-OH is 1. The van der Waals surface area contributed by atoms with Gasteiger partial charge in [0.05, 0.1) is 5.69 Å². The van der Waals surface area contributed by atoms with Gasteiger partial charge in [-0.3, -0.25) is 4.79 Å². The Morgan fingerprint density at radius 2 is 2.33 bits per heavy atom. The molecule has 1 aromatic rings. The quantitative estimate of drug-likeness (QED) is 0.792. The molecule has 0 aliphatic heterocycles. The van der Waals surface area contributed by atoms with Crippen LogP contribution in [0.2, 0.25) is 0 Å². The molecule has 1 atom stereocenters. The molecule has 0 spiro atoms. The fraction of sp³-hybridized carbons (Fsp3) is 0.308. The molecule has 4 nitrogen and oxygen atoms in total. The normalized spacial score (nSPS) is 11.3. The largest absolute Gasteiger partial charge is 0.384 e. The summed E-state index contributed by atoms with van der Waals surface area (Å²) in [5, 5.41) is 10.9. The number of amides is 1. The summed E-state index contributed by atoms with van der Waals surface area (Å²) < 4.78 is 18.4. The van der Waals surface area contributed by atoms with Crippen LogP contribution in [0.5, 0.6) is 0 Å². The van der Waals surface area contributed by atoms with E-state index >= 15 is 0 Å².